The summed E-state index contributed by atoms with van der Waals surface area (Å²) in [6, 6.07) is 0. The van der Waals surface area contributed by atoms with Crippen molar-refractivity contribution in [2.24, 2.45) is 11.8 Å². The van der Waals surface area contributed by atoms with Crippen LogP contribution >= 0.6 is 0 Å². The molecule has 0 aromatic rings. The summed E-state index contributed by atoms with van der Waals surface area (Å²) in [6.07, 6.45) is 2.11. The second-order valence-electron chi connectivity index (χ2n) is 7.16. The fourth-order valence-electron chi connectivity index (χ4n) is 4.28. The van der Waals surface area contributed by atoms with Crippen molar-refractivity contribution in [3.8, 4) is 0 Å². The Bertz CT molecular complexity index is 475. The summed E-state index contributed by atoms with van der Waals surface area (Å²) in [4.78, 5) is 23.9. The summed E-state index contributed by atoms with van der Waals surface area (Å²) in [5.74, 6) is -0.381. The molecule has 5 heteroatoms. The largest absolute Gasteiger partial charge is 0.459 e. The molecule has 1 N–H and O–H groups in total. The smallest absolute Gasteiger partial charge is 0.309 e. The van der Waals surface area contributed by atoms with Crippen molar-refractivity contribution in [2.75, 3.05) is 0 Å². The van der Waals surface area contributed by atoms with E-state index in [1.807, 2.05) is 13.8 Å². The Morgan fingerprint density at radius 1 is 1.33 bits per heavy atom. The molecule has 0 aromatic heterocycles. The fraction of sp³-hybridized carbons (Fsp3) is 0.875. The monoisotopic (exact) mass is 296 g/mol. The lowest BCUT2D eigenvalue weighted by Crippen LogP contribution is -2.50. The van der Waals surface area contributed by atoms with Gasteiger partial charge in [0.25, 0.3) is 0 Å². The van der Waals surface area contributed by atoms with Gasteiger partial charge in [-0.2, -0.15) is 0 Å². The van der Waals surface area contributed by atoms with Crippen molar-refractivity contribution < 1.29 is 24.2 Å². The number of ether oxygens (including phenoxy) is 2. The Hall–Kier alpha value is -0.940. The van der Waals surface area contributed by atoms with E-state index < -0.39 is 23.4 Å². The maximum Gasteiger partial charge on any atom is 0.309 e. The number of fused-ring (bicyclic) bond motifs is 3. The van der Waals surface area contributed by atoms with Crippen LogP contribution in [0, 0.1) is 11.8 Å². The number of aliphatic hydroxyl groups is 1. The topological polar surface area (TPSA) is 72.8 Å². The molecule has 2 bridgehead atoms. The zero-order valence-corrected chi connectivity index (χ0v) is 12.9. The van der Waals surface area contributed by atoms with E-state index >= 15 is 0 Å². The van der Waals surface area contributed by atoms with Gasteiger partial charge in [0.05, 0.1) is 11.5 Å². The Kier molecular flexibility index (Phi) is 3.41. The molecule has 0 saturated carbocycles. The first kappa shape index (κ1) is 15.0. The average Bonchev–Trinajstić information content (AvgIpc) is 2.92. The van der Waals surface area contributed by atoms with Crippen LogP contribution in [0.2, 0.25) is 0 Å². The van der Waals surface area contributed by atoms with Crippen LogP contribution in [0.3, 0.4) is 0 Å². The van der Waals surface area contributed by atoms with Crippen LogP contribution in [-0.4, -0.2) is 40.3 Å². The summed E-state index contributed by atoms with van der Waals surface area (Å²) >= 11 is 0. The lowest BCUT2D eigenvalue weighted by molar-refractivity contribution is -0.185. The van der Waals surface area contributed by atoms with Gasteiger partial charge in [-0.25, -0.2) is 0 Å². The van der Waals surface area contributed by atoms with Gasteiger partial charge < -0.3 is 14.6 Å². The van der Waals surface area contributed by atoms with Crippen LogP contribution in [0.25, 0.3) is 0 Å². The molecule has 3 fully saturated rings. The number of hydrogen-bond donors (Lipinski definition) is 1. The summed E-state index contributed by atoms with van der Waals surface area (Å²) in [5.41, 5.74) is -1.58. The van der Waals surface area contributed by atoms with Gasteiger partial charge in [0.15, 0.2) is 5.78 Å². The van der Waals surface area contributed by atoms with E-state index in [4.69, 9.17) is 9.47 Å². The standard InChI is InChI=1S/C16H24O5/c1-9-11-5-4-6-16(10(2)17)8-7-15(3,21-16)13(18)12(11)20-14(9)19/h9,11-13,18H,4-8H2,1-3H3/t9-,11-,12-,13+,15+,16+/m0/s1. The summed E-state index contributed by atoms with van der Waals surface area (Å²) in [5, 5.41) is 10.8. The Balaban J connectivity index is 1.95. The Morgan fingerprint density at radius 3 is 2.71 bits per heavy atom. The summed E-state index contributed by atoms with van der Waals surface area (Å²) in [7, 11) is 0. The highest BCUT2D eigenvalue weighted by Gasteiger charge is 2.58. The molecule has 0 radical (unpaired) electrons. The zero-order chi connectivity index (χ0) is 15.4. The van der Waals surface area contributed by atoms with Gasteiger partial charge in [-0.05, 0) is 46.0 Å². The van der Waals surface area contributed by atoms with Crippen LogP contribution in [-0.2, 0) is 19.1 Å². The first-order valence-corrected chi connectivity index (χ1v) is 7.89. The van der Waals surface area contributed by atoms with E-state index in [0.717, 1.165) is 12.8 Å². The van der Waals surface area contributed by atoms with Crippen molar-refractivity contribution >= 4 is 11.8 Å². The number of Topliss-reactive ketones (excluding diaryl/α,β-unsaturated/α-hetero) is 1. The first-order chi connectivity index (χ1) is 9.79. The van der Waals surface area contributed by atoms with E-state index in [1.165, 1.54) is 0 Å². The van der Waals surface area contributed by atoms with Gasteiger partial charge in [0.1, 0.15) is 17.8 Å². The van der Waals surface area contributed by atoms with E-state index in [2.05, 4.69) is 0 Å². The van der Waals surface area contributed by atoms with Crippen LogP contribution in [0.4, 0.5) is 0 Å². The van der Waals surface area contributed by atoms with E-state index in [9.17, 15) is 14.7 Å². The van der Waals surface area contributed by atoms with Crippen LogP contribution in [0.1, 0.15) is 52.9 Å². The second kappa shape index (κ2) is 4.78. The molecule has 6 atom stereocenters. The minimum absolute atomic E-state index is 0.0104. The highest BCUT2D eigenvalue weighted by atomic mass is 16.6. The highest BCUT2D eigenvalue weighted by Crippen LogP contribution is 2.48. The molecule has 0 aromatic carbocycles. The predicted octanol–water partition coefficient (Wildman–Crippen LogP) is 1.61. The Morgan fingerprint density at radius 2 is 2.05 bits per heavy atom. The van der Waals surface area contributed by atoms with Gasteiger partial charge in [-0.1, -0.05) is 6.92 Å². The van der Waals surface area contributed by atoms with Crippen molar-refractivity contribution in [1.29, 1.82) is 0 Å². The molecule has 5 nitrogen and oxygen atoms in total. The predicted molar refractivity (Wildman–Crippen MR) is 74.5 cm³/mol. The third-order valence-corrected chi connectivity index (χ3v) is 5.84. The van der Waals surface area contributed by atoms with Crippen LogP contribution in [0.15, 0.2) is 0 Å². The molecule has 3 aliphatic rings. The van der Waals surface area contributed by atoms with Crippen LogP contribution in [0.5, 0.6) is 0 Å². The summed E-state index contributed by atoms with van der Waals surface area (Å²) < 4.78 is 11.6. The number of rotatable bonds is 1. The molecule has 0 aliphatic carbocycles. The first-order valence-electron chi connectivity index (χ1n) is 7.89. The minimum atomic E-state index is -0.879. The lowest BCUT2D eigenvalue weighted by Gasteiger charge is -2.36. The van der Waals surface area contributed by atoms with Gasteiger partial charge in [-0.15, -0.1) is 0 Å². The normalized spacial score (nSPS) is 49.8. The van der Waals surface area contributed by atoms with Crippen LogP contribution < -0.4 is 0 Å². The SMILES string of the molecule is CC(=O)[C@@]12CCC[C@@H]3[C@H](OC(=O)[C@H]3C)[C@@H](O)[C@@](C)(CC1)O2. The van der Waals surface area contributed by atoms with Crippen molar-refractivity contribution in [1.82, 2.24) is 0 Å². The number of carbonyl (C=O) groups is 2. The van der Waals surface area contributed by atoms with E-state index in [0.29, 0.717) is 19.3 Å². The third-order valence-electron chi connectivity index (χ3n) is 5.84. The van der Waals surface area contributed by atoms with Gasteiger partial charge in [0, 0.05) is 5.92 Å². The molecule has 3 aliphatic heterocycles. The summed E-state index contributed by atoms with van der Waals surface area (Å²) in [6.45, 7) is 5.26. The molecule has 3 heterocycles. The Labute approximate surface area is 125 Å². The van der Waals surface area contributed by atoms with Gasteiger partial charge in [0.2, 0.25) is 0 Å². The third kappa shape index (κ3) is 2.13. The molecule has 3 saturated heterocycles. The zero-order valence-electron chi connectivity index (χ0n) is 12.9. The maximum absolute atomic E-state index is 12.1. The van der Waals surface area contributed by atoms with E-state index in [-0.39, 0.29) is 23.6 Å². The molecule has 21 heavy (non-hydrogen) atoms. The van der Waals surface area contributed by atoms with Crippen molar-refractivity contribution in [3.05, 3.63) is 0 Å². The molecular weight excluding hydrogens is 272 g/mol. The second-order valence-corrected chi connectivity index (χ2v) is 7.16. The molecular formula is C16H24O5. The number of aliphatic hydroxyl groups excluding tert-OH is 1. The number of carbonyl (C=O) groups excluding carboxylic acids is 2. The maximum atomic E-state index is 12.1. The molecule has 0 unspecified atom stereocenters. The highest BCUT2D eigenvalue weighted by molar-refractivity contribution is 5.85. The van der Waals surface area contributed by atoms with E-state index in [1.54, 1.807) is 6.92 Å². The minimum Gasteiger partial charge on any atom is -0.459 e. The molecule has 0 spiro atoms. The number of hydrogen-bond acceptors (Lipinski definition) is 5. The molecule has 3 rings (SSSR count). The number of esters is 1. The quantitative estimate of drug-likeness (QED) is 0.744. The fourth-order valence-corrected chi connectivity index (χ4v) is 4.28. The molecule has 118 valence electrons. The van der Waals surface area contributed by atoms with Gasteiger partial charge >= 0.3 is 5.97 Å². The number of ketones is 1. The lowest BCUT2D eigenvalue weighted by atomic mass is 9.77. The molecule has 0 amide bonds. The van der Waals surface area contributed by atoms with Crippen molar-refractivity contribution in [3.63, 3.8) is 0 Å². The van der Waals surface area contributed by atoms with Crippen molar-refractivity contribution in [2.45, 2.75) is 76.3 Å². The average molecular weight is 296 g/mol. The van der Waals surface area contributed by atoms with Gasteiger partial charge in [-0.3, -0.25) is 9.59 Å².